The second-order valence-electron chi connectivity index (χ2n) is 4.39. The summed E-state index contributed by atoms with van der Waals surface area (Å²) in [5.41, 5.74) is 9.47. The van der Waals surface area contributed by atoms with E-state index in [9.17, 15) is 0 Å². The number of rotatable bonds is 3. The van der Waals surface area contributed by atoms with E-state index in [4.69, 9.17) is 10.8 Å². The summed E-state index contributed by atoms with van der Waals surface area (Å²) >= 11 is 0. The van der Waals surface area contributed by atoms with Crippen molar-refractivity contribution < 1.29 is 5.11 Å². The van der Waals surface area contributed by atoms with Gasteiger partial charge in [-0.2, -0.15) is 0 Å². The molecule has 0 saturated carbocycles. The number of H-pyrrole nitrogens is 1. The van der Waals surface area contributed by atoms with E-state index in [1.54, 1.807) is 12.4 Å². The van der Waals surface area contributed by atoms with Crippen molar-refractivity contribution in [3.8, 4) is 11.4 Å². The normalized spacial score (nSPS) is 12.7. The minimum Gasteiger partial charge on any atom is -0.394 e. The van der Waals surface area contributed by atoms with Crippen LogP contribution in [0.25, 0.3) is 22.4 Å². The third kappa shape index (κ3) is 2.21. The van der Waals surface area contributed by atoms with E-state index in [0.717, 1.165) is 28.0 Å². The van der Waals surface area contributed by atoms with E-state index in [0.29, 0.717) is 0 Å². The SMILES string of the molecule is NC(CO)c1ccc2nc(-c3ccncc3)[nH]c2c1. The Hall–Kier alpha value is -2.24. The van der Waals surface area contributed by atoms with Gasteiger partial charge in [0.25, 0.3) is 0 Å². The van der Waals surface area contributed by atoms with Crippen molar-refractivity contribution >= 4 is 11.0 Å². The summed E-state index contributed by atoms with van der Waals surface area (Å²) in [5, 5.41) is 9.09. The number of hydrogen-bond acceptors (Lipinski definition) is 4. The van der Waals surface area contributed by atoms with E-state index in [-0.39, 0.29) is 12.6 Å². The van der Waals surface area contributed by atoms with E-state index in [1.165, 1.54) is 0 Å². The first kappa shape index (κ1) is 11.8. The predicted molar refractivity (Wildman–Crippen MR) is 73.3 cm³/mol. The molecule has 0 aliphatic heterocycles. The molecule has 0 aliphatic rings. The Labute approximate surface area is 110 Å². The van der Waals surface area contributed by atoms with Gasteiger partial charge in [-0.25, -0.2) is 4.98 Å². The molecule has 3 aromatic rings. The maximum Gasteiger partial charge on any atom is 0.138 e. The van der Waals surface area contributed by atoms with Crippen molar-refractivity contribution in [1.82, 2.24) is 15.0 Å². The summed E-state index contributed by atoms with van der Waals surface area (Å²) in [6.07, 6.45) is 3.46. The van der Waals surface area contributed by atoms with Crippen LogP contribution in [0.2, 0.25) is 0 Å². The minimum atomic E-state index is -0.364. The highest BCUT2D eigenvalue weighted by atomic mass is 16.3. The molecule has 1 aromatic carbocycles. The monoisotopic (exact) mass is 254 g/mol. The van der Waals surface area contributed by atoms with Gasteiger partial charge in [0.2, 0.25) is 0 Å². The third-order valence-electron chi connectivity index (χ3n) is 3.08. The zero-order valence-corrected chi connectivity index (χ0v) is 10.2. The number of pyridine rings is 1. The number of nitrogens with one attached hydrogen (secondary N) is 1. The van der Waals surface area contributed by atoms with Crippen LogP contribution in [0.5, 0.6) is 0 Å². The van der Waals surface area contributed by atoms with Crippen LogP contribution in [0.4, 0.5) is 0 Å². The number of aromatic amines is 1. The fourth-order valence-electron chi connectivity index (χ4n) is 2.01. The molecule has 2 heterocycles. The zero-order chi connectivity index (χ0) is 13.2. The number of nitrogens with two attached hydrogens (primary N) is 1. The van der Waals surface area contributed by atoms with E-state index < -0.39 is 0 Å². The Morgan fingerprint density at radius 3 is 2.74 bits per heavy atom. The Balaban J connectivity index is 2.06. The number of hydrogen-bond donors (Lipinski definition) is 3. The molecular weight excluding hydrogens is 240 g/mol. The molecule has 5 heteroatoms. The van der Waals surface area contributed by atoms with E-state index in [1.807, 2.05) is 30.3 Å². The lowest BCUT2D eigenvalue weighted by Gasteiger charge is -2.07. The van der Waals surface area contributed by atoms with Crippen LogP contribution in [0.3, 0.4) is 0 Å². The topological polar surface area (TPSA) is 87.8 Å². The molecule has 1 atom stereocenters. The summed E-state index contributed by atoms with van der Waals surface area (Å²) in [6.45, 7) is -0.0726. The summed E-state index contributed by atoms with van der Waals surface area (Å²) in [6, 6.07) is 9.16. The highest BCUT2D eigenvalue weighted by molar-refractivity contribution is 5.80. The molecule has 0 spiro atoms. The fourth-order valence-corrected chi connectivity index (χ4v) is 2.01. The summed E-state index contributed by atoms with van der Waals surface area (Å²) in [7, 11) is 0. The molecular formula is C14H14N4O. The number of nitrogens with zero attached hydrogens (tertiary/aromatic N) is 2. The summed E-state index contributed by atoms with van der Waals surface area (Å²) in [5.74, 6) is 0.798. The molecule has 96 valence electrons. The molecule has 0 amide bonds. The Bertz CT molecular complexity index is 693. The van der Waals surface area contributed by atoms with Crippen molar-refractivity contribution in [3.05, 3.63) is 48.3 Å². The molecule has 4 N–H and O–H groups in total. The minimum absolute atomic E-state index is 0.0726. The first-order valence-electron chi connectivity index (χ1n) is 6.04. The van der Waals surface area contributed by atoms with Crippen molar-refractivity contribution in [2.24, 2.45) is 5.73 Å². The summed E-state index contributed by atoms with van der Waals surface area (Å²) < 4.78 is 0. The van der Waals surface area contributed by atoms with Gasteiger partial charge in [0.15, 0.2) is 0 Å². The lowest BCUT2D eigenvalue weighted by atomic mass is 10.1. The average Bonchev–Trinajstić information content (AvgIpc) is 2.90. The van der Waals surface area contributed by atoms with Crippen molar-refractivity contribution in [2.45, 2.75) is 6.04 Å². The quantitative estimate of drug-likeness (QED) is 0.662. The van der Waals surface area contributed by atoms with Crippen LogP contribution >= 0.6 is 0 Å². The van der Waals surface area contributed by atoms with Gasteiger partial charge in [0.1, 0.15) is 5.82 Å². The number of imidazole rings is 1. The zero-order valence-electron chi connectivity index (χ0n) is 10.2. The first-order chi connectivity index (χ1) is 9.28. The molecule has 0 fully saturated rings. The van der Waals surface area contributed by atoms with Gasteiger partial charge in [0.05, 0.1) is 23.7 Å². The molecule has 0 radical (unpaired) electrons. The largest absolute Gasteiger partial charge is 0.394 e. The van der Waals surface area contributed by atoms with Crippen LogP contribution in [-0.2, 0) is 0 Å². The van der Waals surface area contributed by atoms with Crippen LogP contribution in [0.1, 0.15) is 11.6 Å². The van der Waals surface area contributed by atoms with Crippen LogP contribution < -0.4 is 5.73 Å². The van der Waals surface area contributed by atoms with E-state index >= 15 is 0 Å². The lowest BCUT2D eigenvalue weighted by molar-refractivity contribution is 0.268. The average molecular weight is 254 g/mol. The Kier molecular flexibility index (Phi) is 2.98. The second-order valence-corrected chi connectivity index (χ2v) is 4.39. The molecule has 0 bridgehead atoms. The number of fused-ring (bicyclic) bond motifs is 1. The number of aromatic nitrogens is 3. The highest BCUT2D eigenvalue weighted by Gasteiger charge is 2.09. The van der Waals surface area contributed by atoms with Crippen LogP contribution in [-0.4, -0.2) is 26.7 Å². The van der Waals surface area contributed by atoms with Gasteiger partial charge in [-0.05, 0) is 29.8 Å². The predicted octanol–water partition coefficient (Wildman–Crippen LogP) is 1.62. The first-order valence-corrected chi connectivity index (χ1v) is 6.04. The van der Waals surface area contributed by atoms with Crippen molar-refractivity contribution in [2.75, 3.05) is 6.61 Å². The summed E-state index contributed by atoms with van der Waals surface area (Å²) in [4.78, 5) is 11.8. The van der Waals surface area contributed by atoms with Gasteiger partial charge in [-0.15, -0.1) is 0 Å². The molecule has 3 rings (SSSR count). The van der Waals surface area contributed by atoms with Crippen molar-refractivity contribution in [1.29, 1.82) is 0 Å². The fraction of sp³-hybridized carbons (Fsp3) is 0.143. The van der Waals surface area contributed by atoms with Gasteiger partial charge >= 0.3 is 0 Å². The maximum absolute atomic E-state index is 9.09. The lowest BCUT2D eigenvalue weighted by Crippen LogP contribution is -2.14. The van der Waals surface area contributed by atoms with Gasteiger partial charge in [-0.1, -0.05) is 6.07 Å². The number of aliphatic hydroxyl groups excluding tert-OH is 1. The highest BCUT2D eigenvalue weighted by Crippen LogP contribution is 2.22. The maximum atomic E-state index is 9.09. The smallest absolute Gasteiger partial charge is 0.138 e. The Morgan fingerprint density at radius 1 is 1.21 bits per heavy atom. The van der Waals surface area contributed by atoms with Gasteiger partial charge in [-0.3, -0.25) is 4.98 Å². The Morgan fingerprint density at radius 2 is 2.00 bits per heavy atom. The molecule has 19 heavy (non-hydrogen) atoms. The molecule has 2 aromatic heterocycles. The van der Waals surface area contributed by atoms with Gasteiger partial charge in [0, 0.05) is 18.0 Å². The third-order valence-corrected chi connectivity index (χ3v) is 3.08. The second kappa shape index (κ2) is 4.79. The molecule has 1 unspecified atom stereocenters. The molecule has 0 aliphatic carbocycles. The molecule has 0 saturated heterocycles. The van der Waals surface area contributed by atoms with Gasteiger partial charge < -0.3 is 15.8 Å². The molecule has 5 nitrogen and oxygen atoms in total. The number of benzene rings is 1. The van der Waals surface area contributed by atoms with Crippen LogP contribution in [0.15, 0.2) is 42.7 Å². The van der Waals surface area contributed by atoms with Crippen LogP contribution in [0, 0.1) is 0 Å². The van der Waals surface area contributed by atoms with Crippen molar-refractivity contribution in [3.63, 3.8) is 0 Å². The van der Waals surface area contributed by atoms with E-state index in [2.05, 4.69) is 15.0 Å². The number of aliphatic hydroxyl groups is 1. The standard InChI is InChI=1S/C14H14N4O/c15-11(8-19)10-1-2-12-13(7-10)18-14(17-12)9-3-5-16-6-4-9/h1-7,11,19H,8,15H2,(H,17,18).